The minimum atomic E-state index is -0.420. The summed E-state index contributed by atoms with van der Waals surface area (Å²) in [6.45, 7) is 24.1. The fourth-order valence-electron chi connectivity index (χ4n) is 16.0. The summed E-state index contributed by atoms with van der Waals surface area (Å²) >= 11 is 3.03. The monoisotopic (exact) mass is 2020 g/mol. The van der Waals surface area contributed by atoms with E-state index < -0.39 is 11.9 Å². The number of hydrogen-bond acceptors (Lipinski definition) is 30. The number of thiazole rings is 1. The number of unbranched alkanes of at least 4 members (excludes halogenated alkanes) is 11. The van der Waals surface area contributed by atoms with Crippen molar-refractivity contribution in [1.82, 2.24) is 4.98 Å². The zero-order valence-corrected chi connectivity index (χ0v) is 86.3. The van der Waals surface area contributed by atoms with E-state index in [0.717, 1.165) is 170 Å². The van der Waals surface area contributed by atoms with Crippen LogP contribution in [0.3, 0.4) is 0 Å². The molecule has 0 N–H and O–H groups in total. The zero-order valence-electron chi connectivity index (χ0n) is 84.7. The summed E-state index contributed by atoms with van der Waals surface area (Å²) < 4.78 is 84.3. The van der Waals surface area contributed by atoms with Crippen LogP contribution in [0.5, 0.6) is 40.2 Å². The molecule has 11 rings (SSSR count). The molecule has 4 saturated carbocycles. The van der Waals surface area contributed by atoms with E-state index in [0.29, 0.717) is 169 Å². The number of Topliss-reactive ketones (excluding diaryl/α,β-unsaturated/α-hetero) is 2. The maximum Gasteiger partial charge on any atom is 0.338 e. The summed E-state index contributed by atoms with van der Waals surface area (Å²) in [4.78, 5) is 135. The number of ketones is 2. The van der Waals surface area contributed by atoms with E-state index in [1.807, 2.05) is 79.9 Å². The van der Waals surface area contributed by atoms with Crippen LogP contribution in [0.4, 0.5) is 0 Å². The molecule has 0 saturated heterocycles. The van der Waals surface area contributed by atoms with Gasteiger partial charge in [0.2, 0.25) is 0 Å². The van der Waals surface area contributed by atoms with Gasteiger partial charge < -0.3 is 75.8 Å². The summed E-state index contributed by atoms with van der Waals surface area (Å²) in [5.74, 6) is 2.57. The zero-order chi connectivity index (χ0) is 104. The number of carbonyl (C=O) groups is 11. The molecule has 4 aliphatic carbocycles. The number of aromatic nitrogens is 1. The number of esters is 9. The van der Waals surface area contributed by atoms with E-state index >= 15 is 0 Å². The number of methoxy groups -OCH3 is 5. The van der Waals surface area contributed by atoms with Gasteiger partial charge in [-0.05, 0) is 309 Å². The molecule has 30 heteroatoms. The molecule has 0 bridgehead atoms. The van der Waals surface area contributed by atoms with Gasteiger partial charge in [0, 0.05) is 61.3 Å². The molecule has 780 valence electrons. The van der Waals surface area contributed by atoms with E-state index in [9.17, 15) is 52.7 Å². The first-order chi connectivity index (χ1) is 69.4. The number of benzene rings is 5. The van der Waals surface area contributed by atoms with Crippen molar-refractivity contribution in [2.24, 2.45) is 35.5 Å². The average Bonchev–Trinajstić information content (AvgIpc) is 1.62. The molecule has 0 radical (unpaired) electrons. The number of rotatable bonds is 53. The lowest BCUT2D eigenvalue weighted by molar-refractivity contribution is -0.151. The van der Waals surface area contributed by atoms with Crippen LogP contribution in [0, 0.1) is 35.5 Å². The third-order valence-electron chi connectivity index (χ3n) is 24.7. The van der Waals surface area contributed by atoms with Crippen molar-refractivity contribution in [2.45, 2.75) is 238 Å². The molecule has 0 spiro atoms. The number of carbonyl (C=O) groups excluding carboxylic acids is 11. The van der Waals surface area contributed by atoms with Crippen LogP contribution in [-0.4, -0.2) is 177 Å². The lowest BCUT2D eigenvalue weighted by atomic mass is 9.80. The topological polar surface area (TPSA) is 348 Å². The Balaban J connectivity index is 0.000000275. The highest BCUT2D eigenvalue weighted by molar-refractivity contribution is 7.26. The highest BCUT2D eigenvalue weighted by Crippen LogP contribution is 2.45. The summed E-state index contributed by atoms with van der Waals surface area (Å²) in [5, 5.41) is 0.747. The number of ether oxygens (including phenoxy) is 16. The van der Waals surface area contributed by atoms with Crippen molar-refractivity contribution < 1.29 is 129 Å². The number of thiophene rings is 1. The van der Waals surface area contributed by atoms with Crippen molar-refractivity contribution in [1.29, 1.82) is 0 Å². The Morgan fingerprint density at radius 3 is 1.06 bits per heavy atom. The van der Waals surface area contributed by atoms with E-state index in [2.05, 4.69) is 51.1 Å². The third kappa shape index (κ3) is 48.2. The van der Waals surface area contributed by atoms with Crippen LogP contribution in [0.25, 0.3) is 30.5 Å². The third-order valence-corrected chi connectivity index (χ3v) is 27.1. The smallest absolute Gasteiger partial charge is 0.338 e. The van der Waals surface area contributed by atoms with E-state index in [4.69, 9.17) is 80.8 Å². The van der Waals surface area contributed by atoms with Gasteiger partial charge in [-0.1, -0.05) is 88.9 Å². The average molecular weight is 2020 g/mol. The predicted octanol–water partition coefficient (Wildman–Crippen LogP) is 23.5. The van der Waals surface area contributed by atoms with Gasteiger partial charge in [0.25, 0.3) is 0 Å². The van der Waals surface area contributed by atoms with Crippen LogP contribution in [0.1, 0.15) is 236 Å². The maximum atomic E-state index is 13.2. The standard InChI is InChI=1S/C35H35NO6S2.C17H22O5.C16H22O4.C16H28O3.C15H24O5.C14H18O4/c1-20(37)22-8-12-25(13-9-22)34(39)41-27-16-17-28(42-35(40)26-14-10-23(11-15-26)21(2)38)32-31(27)36-33(44-32)30-19-18-29(43-30)24-6-4-3-5-7-24;1-3-16(18)21-12-6-4-5-7-13-22-17(19)14-8-10-15(20-2)11-9-14;1-3-16(17)20-13-7-5-4-6-12-19-15-10-8-14(18-2)9-11-15;1-3-16(17)19-13-7-5-4-6-8-14-9-11-15(18-2)12-10-14;1-3-14(16)19-10-4-5-11-20-15(17)12-6-8-13(18-2)9-7-12;1-3-14(15)18-11-5-4-10-17-13-8-6-12(16-2)7-9-13/h3-7,16-19,22-23,25-26H,8-15H2,1-2H3;3,8-11H,1,4-7,12-13H2,2H3;3,8-11H,1,4-7,12-13H2,2H3;3,14-15H,1,4-13H2,2H3;3,12-13H,1,4-11H2,2H3;3,6-9H,1,4-5,10-11H2,2H3. The van der Waals surface area contributed by atoms with Crippen LogP contribution < -0.4 is 33.2 Å². The Morgan fingerprint density at radius 1 is 0.322 bits per heavy atom. The fraction of sp³-hybridized carbons (Fsp3) is 0.504. The summed E-state index contributed by atoms with van der Waals surface area (Å²) in [6, 6.07) is 39.3. The van der Waals surface area contributed by atoms with Gasteiger partial charge in [-0.2, -0.15) is 0 Å². The molecule has 0 unspecified atom stereocenters. The van der Waals surface area contributed by atoms with Gasteiger partial charge in [0.1, 0.15) is 55.5 Å². The Bertz CT molecular complexity index is 4870. The molecule has 0 aliphatic heterocycles. The van der Waals surface area contributed by atoms with E-state index in [-0.39, 0.29) is 82.9 Å². The lowest BCUT2D eigenvalue weighted by Crippen LogP contribution is -2.28. The molecule has 4 fully saturated rings. The molecular formula is C113H149NO27S2. The number of fused-ring (bicyclic) bond motifs is 1. The van der Waals surface area contributed by atoms with Gasteiger partial charge in [-0.25, -0.2) is 33.8 Å². The Labute approximate surface area is 852 Å². The molecular weight excluding hydrogens is 1870 g/mol. The first-order valence-electron chi connectivity index (χ1n) is 50.0. The molecule has 143 heavy (non-hydrogen) atoms. The van der Waals surface area contributed by atoms with Crippen LogP contribution >= 0.6 is 22.7 Å². The molecule has 0 atom stereocenters. The largest absolute Gasteiger partial charge is 0.497 e. The van der Waals surface area contributed by atoms with Crippen molar-refractivity contribution in [3.63, 3.8) is 0 Å². The quantitative estimate of drug-likeness (QED) is 0.0112. The van der Waals surface area contributed by atoms with Gasteiger partial charge in [0.15, 0.2) is 11.5 Å². The molecule has 0 amide bonds. The van der Waals surface area contributed by atoms with Crippen LogP contribution in [-0.2, 0) is 90.6 Å². The van der Waals surface area contributed by atoms with Gasteiger partial charge >= 0.3 is 53.7 Å². The summed E-state index contributed by atoms with van der Waals surface area (Å²) in [5.41, 5.74) is 2.11. The maximum absolute atomic E-state index is 13.2. The second-order valence-electron chi connectivity index (χ2n) is 34.9. The highest BCUT2D eigenvalue weighted by Gasteiger charge is 2.34. The normalized spacial score (nSPS) is 17.0. The van der Waals surface area contributed by atoms with Crippen molar-refractivity contribution in [2.75, 3.05) is 95.0 Å². The minimum Gasteiger partial charge on any atom is -0.497 e. The molecule has 4 aliphatic rings. The molecule has 5 aromatic carbocycles. The predicted molar refractivity (Wildman–Crippen MR) is 553 cm³/mol. The van der Waals surface area contributed by atoms with Crippen molar-refractivity contribution in [3.8, 4) is 60.6 Å². The lowest BCUT2D eigenvalue weighted by Gasteiger charge is -2.27. The Hall–Kier alpha value is -12.1. The molecule has 28 nitrogen and oxygen atoms in total. The highest BCUT2D eigenvalue weighted by atomic mass is 32.1. The number of nitrogens with zero attached hydrogens (tertiary/aromatic N) is 1. The van der Waals surface area contributed by atoms with Crippen molar-refractivity contribution >= 4 is 98.2 Å². The van der Waals surface area contributed by atoms with Gasteiger partial charge in [-0.15, -0.1) is 22.7 Å². The SMILES string of the molecule is C=CC(=O)OCCCCCCC1CCC(OC)CC1.C=CC(=O)OCCCCCCOC(=O)c1ccc(OC)cc1.C=CC(=O)OCCCCCCOc1ccc(OC)cc1.C=CC(=O)OCCCCOC(=O)C1CCC(OC)CC1.C=CC(=O)OCCCCOc1ccc(OC)cc1.CC(=O)C1CCC(C(=O)Oc2ccc(OC(=O)C3CCC(C(C)=O)CC3)c3sc(-c4ccc(-c5ccccc5)s4)nc23)CC1. The summed E-state index contributed by atoms with van der Waals surface area (Å²) in [7, 11) is 8.38. The Kier molecular flexibility index (Phi) is 59.7. The second-order valence-corrected chi connectivity index (χ2v) is 37.0. The van der Waals surface area contributed by atoms with Crippen molar-refractivity contribution in [3.05, 3.63) is 196 Å². The molecule has 2 aromatic heterocycles. The van der Waals surface area contributed by atoms with Crippen LogP contribution in [0.2, 0.25) is 0 Å². The second kappa shape index (κ2) is 71.4. The minimum absolute atomic E-state index is 0.0139. The number of hydrogen-bond donors (Lipinski definition) is 0. The first-order valence-corrected chi connectivity index (χ1v) is 51.6. The molecule has 2 heterocycles. The van der Waals surface area contributed by atoms with E-state index in [1.165, 1.54) is 68.4 Å². The van der Waals surface area contributed by atoms with Gasteiger partial charge in [-0.3, -0.25) is 24.0 Å². The molecule has 7 aromatic rings. The summed E-state index contributed by atoms with van der Waals surface area (Å²) in [6.07, 6.45) is 36.9. The van der Waals surface area contributed by atoms with Crippen LogP contribution in [0.15, 0.2) is 191 Å². The van der Waals surface area contributed by atoms with E-state index in [1.54, 1.807) is 90.0 Å². The first kappa shape index (κ1) is 120. The Morgan fingerprint density at radius 2 is 0.650 bits per heavy atom. The fourth-order valence-corrected chi connectivity index (χ4v) is 18.1. The van der Waals surface area contributed by atoms with Gasteiger partial charge in [0.05, 0.1) is 121 Å².